The van der Waals surface area contributed by atoms with E-state index in [0.29, 0.717) is 30.3 Å². The van der Waals surface area contributed by atoms with Gasteiger partial charge in [0.05, 0.1) is 35.5 Å². The van der Waals surface area contributed by atoms with E-state index in [1.54, 1.807) is 18.3 Å². The van der Waals surface area contributed by atoms with E-state index in [1.165, 1.54) is 10.7 Å². The third-order valence-corrected chi connectivity index (χ3v) is 2.75. The van der Waals surface area contributed by atoms with Crippen molar-refractivity contribution >= 4 is 17.4 Å². The van der Waals surface area contributed by atoms with Crippen molar-refractivity contribution in [3.05, 3.63) is 51.7 Å². The van der Waals surface area contributed by atoms with Gasteiger partial charge in [-0.15, -0.1) is 0 Å². The van der Waals surface area contributed by atoms with E-state index in [1.807, 2.05) is 12.1 Å². The first-order chi connectivity index (χ1) is 9.16. The zero-order chi connectivity index (χ0) is 13.7. The van der Waals surface area contributed by atoms with Crippen molar-refractivity contribution in [2.45, 2.75) is 13.0 Å². The Labute approximate surface area is 114 Å². The fourth-order valence-electron chi connectivity index (χ4n) is 1.54. The molecule has 0 aliphatic carbocycles. The molecule has 0 N–H and O–H groups in total. The predicted molar refractivity (Wildman–Crippen MR) is 70.4 cm³/mol. The zero-order valence-electron chi connectivity index (χ0n) is 10.0. The van der Waals surface area contributed by atoms with Crippen molar-refractivity contribution in [3.8, 4) is 5.75 Å². The Morgan fingerprint density at radius 1 is 1.37 bits per heavy atom. The highest BCUT2D eigenvalue weighted by molar-refractivity contribution is 6.32. The Bertz CT molecular complexity index is 571. The molecule has 0 bridgehead atoms. The van der Waals surface area contributed by atoms with E-state index in [4.69, 9.17) is 16.3 Å². The van der Waals surface area contributed by atoms with Crippen LogP contribution in [0.3, 0.4) is 0 Å². The van der Waals surface area contributed by atoms with Gasteiger partial charge in [-0.3, -0.25) is 0 Å². The standard InChI is InChI=1S/C12H12ClN3O3/c13-10-4-1-2-5-11(10)19-9-3-7-15-8-6-12(14-15)16(17)18/h1-2,4-6,8H,3,7,9H2. The summed E-state index contributed by atoms with van der Waals surface area (Å²) in [5.41, 5.74) is 0. The van der Waals surface area contributed by atoms with Crippen LogP contribution >= 0.6 is 11.6 Å². The van der Waals surface area contributed by atoms with E-state index in [2.05, 4.69) is 5.10 Å². The van der Waals surface area contributed by atoms with Crippen LogP contribution in [0, 0.1) is 10.1 Å². The lowest BCUT2D eigenvalue weighted by Crippen LogP contribution is -2.05. The number of nitrogens with zero attached hydrogens (tertiary/aromatic N) is 3. The van der Waals surface area contributed by atoms with Crippen molar-refractivity contribution in [1.82, 2.24) is 9.78 Å². The van der Waals surface area contributed by atoms with Gasteiger partial charge in [-0.25, -0.2) is 0 Å². The molecule has 19 heavy (non-hydrogen) atoms. The van der Waals surface area contributed by atoms with Crippen LogP contribution in [-0.2, 0) is 6.54 Å². The fourth-order valence-corrected chi connectivity index (χ4v) is 1.73. The molecule has 0 amide bonds. The number of hydrogen-bond donors (Lipinski definition) is 0. The normalized spacial score (nSPS) is 10.4. The van der Waals surface area contributed by atoms with Gasteiger partial charge in [0.25, 0.3) is 0 Å². The maximum absolute atomic E-state index is 10.5. The number of aromatic nitrogens is 2. The van der Waals surface area contributed by atoms with Crippen molar-refractivity contribution in [2.24, 2.45) is 0 Å². The highest BCUT2D eigenvalue weighted by atomic mass is 35.5. The van der Waals surface area contributed by atoms with Crippen LogP contribution in [0.4, 0.5) is 5.82 Å². The molecule has 0 spiro atoms. The molecule has 0 fully saturated rings. The van der Waals surface area contributed by atoms with Crippen LogP contribution in [0.25, 0.3) is 0 Å². The third-order valence-electron chi connectivity index (χ3n) is 2.44. The highest BCUT2D eigenvalue weighted by Crippen LogP contribution is 2.23. The number of halogens is 1. The topological polar surface area (TPSA) is 70.2 Å². The molecule has 0 radical (unpaired) electrons. The second-order valence-corrected chi connectivity index (χ2v) is 4.23. The molecule has 1 aromatic carbocycles. The summed E-state index contributed by atoms with van der Waals surface area (Å²) in [7, 11) is 0. The number of benzene rings is 1. The van der Waals surface area contributed by atoms with Crippen LogP contribution in [0.15, 0.2) is 36.5 Å². The minimum Gasteiger partial charge on any atom is -0.492 e. The first kappa shape index (κ1) is 13.4. The Kier molecular flexibility index (Phi) is 4.35. The molecule has 2 rings (SSSR count). The summed E-state index contributed by atoms with van der Waals surface area (Å²) >= 11 is 5.94. The number of rotatable bonds is 6. The first-order valence-electron chi connectivity index (χ1n) is 5.72. The molecule has 1 heterocycles. The summed E-state index contributed by atoms with van der Waals surface area (Å²) in [6, 6.07) is 8.60. The fraction of sp³-hybridized carbons (Fsp3) is 0.250. The maximum atomic E-state index is 10.5. The quantitative estimate of drug-likeness (QED) is 0.464. The van der Waals surface area contributed by atoms with Crippen LogP contribution in [0.1, 0.15) is 6.42 Å². The van der Waals surface area contributed by atoms with Crippen molar-refractivity contribution in [1.29, 1.82) is 0 Å². The molecule has 7 heteroatoms. The first-order valence-corrected chi connectivity index (χ1v) is 6.10. The summed E-state index contributed by atoms with van der Waals surface area (Å²) in [5, 5.41) is 14.8. The lowest BCUT2D eigenvalue weighted by molar-refractivity contribution is -0.389. The molecule has 0 saturated carbocycles. The number of nitro groups is 1. The molecule has 1 aromatic heterocycles. The summed E-state index contributed by atoms with van der Waals surface area (Å²) in [6.07, 6.45) is 2.26. The lowest BCUT2D eigenvalue weighted by atomic mass is 10.3. The summed E-state index contributed by atoms with van der Waals surface area (Å²) in [6.45, 7) is 1.02. The molecule has 0 unspecified atom stereocenters. The van der Waals surface area contributed by atoms with Gasteiger partial charge in [-0.2, -0.15) is 4.68 Å². The number of aryl methyl sites for hydroxylation is 1. The number of hydrogen-bond acceptors (Lipinski definition) is 4. The van der Waals surface area contributed by atoms with E-state index in [0.717, 1.165) is 0 Å². The predicted octanol–water partition coefficient (Wildman–Crippen LogP) is 2.91. The van der Waals surface area contributed by atoms with Crippen LogP contribution in [0.2, 0.25) is 5.02 Å². The van der Waals surface area contributed by atoms with Crippen molar-refractivity contribution in [2.75, 3.05) is 6.61 Å². The Hall–Kier alpha value is -2.08. The smallest absolute Gasteiger partial charge is 0.389 e. The van der Waals surface area contributed by atoms with Gasteiger partial charge < -0.3 is 14.9 Å². The molecule has 6 nitrogen and oxygen atoms in total. The minimum atomic E-state index is -0.517. The second kappa shape index (κ2) is 6.19. The van der Waals surface area contributed by atoms with Crippen molar-refractivity contribution < 1.29 is 9.66 Å². The molecule has 0 atom stereocenters. The molecular weight excluding hydrogens is 270 g/mol. The summed E-state index contributed by atoms with van der Waals surface area (Å²) in [5.74, 6) is 0.489. The van der Waals surface area contributed by atoms with E-state index >= 15 is 0 Å². The minimum absolute atomic E-state index is 0.146. The summed E-state index contributed by atoms with van der Waals surface area (Å²) < 4.78 is 7.03. The molecule has 100 valence electrons. The average molecular weight is 282 g/mol. The van der Waals surface area contributed by atoms with E-state index < -0.39 is 4.92 Å². The monoisotopic (exact) mass is 281 g/mol. The summed E-state index contributed by atoms with van der Waals surface area (Å²) in [4.78, 5) is 9.94. The largest absolute Gasteiger partial charge is 0.492 e. The maximum Gasteiger partial charge on any atom is 0.389 e. The Balaban J connectivity index is 1.77. The van der Waals surface area contributed by atoms with Gasteiger partial charge in [-0.1, -0.05) is 23.7 Å². The lowest BCUT2D eigenvalue weighted by Gasteiger charge is -2.06. The van der Waals surface area contributed by atoms with Crippen LogP contribution < -0.4 is 4.74 Å². The molecule has 0 aliphatic heterocycles. The highest BCUT2D eigenvalue weighted by Gasteiger charge is 2.10. The second-order valence-electron chi connectivity index (χ2n) is 3.83. The van der Waals surface area contributed by atoms with Gasteiger partial charge in [0.1, 0.15) is 5.75 Å². The van der Waals surface area contributed by atoms with Gasteiger partial charge in [0.2, 0.25) is 0 Å². The van der Waals surface area contributed by atoms with Gasteiger partial charge in [0.15, 0.2) is 0 Å². The molecular formula is C12H12ClN3O3. The van der Waals surface area contributed by atoms with E-state index in [-0.39, 0.29) is 5.82 Å². The number of ether oxygens (including phenoxy) is 1. The molecule has 0 aliphatic rings. The van der Waals surface area contributed by atoms with Gasteiger partial charge in [0, 0.05) is 6.42 Å². The van der Waals surface area contributed by atoms with Gasteiger partial charge in [-0.05, 0) is 17.1 Å². The number of para-hydroxylation sites is 1. The molecule has 2 aromatic rings. The Morgan fingerprint density at radius 2 is 2.16 bits per heavy atom. The zero-order valence-corrected chi connectivity index (χ0v) is 10.8. The van der Waals surface area contributed by atoms with Crippen molar-refractivity contribution in [3.63, 3.8) is 0 Å². The van der Waals surface area contributed by atoms with E-state index in [9.17, 15) is 10.1 Å². The van der Waals surface area contributed by atoms with Gasteiger partial charge >= 0.3 is 5.82 Å². The SMILES string of the molecule is O=[N+]([O-])c1ccn(CCCOc2ccccc2Cl)n1. The third kappa shape index (κ3) is 3.69. The average Bonchev–Trinajstić information content (AvgIpc) is 2.85. The van der Waals surface area contributed by atoms with Crippen LogP contribution in [0.5, 0.6) is 5.75 Å². The molecule has 0 saturated heterocycles. The van der Waals surface area contributed by atoms with Crippen LogP contribution in [-0.4, -0.2) is 21.3 Å². The Morgan fingerprint density at radius 3 is 2.84 bits per heavy atom.